The number of hydrogen-bond donors (Lipinski definition) is 1. The maximum atomic E-state index is 14.0. The third-order valence-corrected chi connectivity index (χ3v) is 9.60. The smallest absolute Gasteiger partial charge is 0.254 e. The van der Waals surface area contributed by atoms with Gasteiger partial charge in [-0.05, 0) is 41.5 Å². The van der Waals surface area contributed by atoms with E-state index in [1.54, 1.807) is 11.3 Å². The number of carbonyl (C=O) groups excluding carboxylic acids is 2. The Bertz CT molecular complexity index is 1250. The molecule has 0 unspecified atom stereocenters. The Balaban J connectivity index is 1.13. The van der Waals surface area contributed by atoms with Gasteiger partial charge in [-0.15, -0.1) is 11.3 Å². The first-order chi connectivity index (χ1) is 19.2. The van der Waals surface area contributed by atoms with E-state index >= 15 is 0 Å². The summed E-state index contributed by atoms with van der Waals surface area (Å²) in [5.41, 5.74) is 2.91. The Labute approximate surface area is 235 Å². The molecule has 2 atom stereocenters. The van der Waals surface area contributed by atoms with E-state index in [4.69, 9.17) is 0 Å². The van der Waals surface area contributed by atoms with E-state index in [1.807, 2.05) is 30.3 Å². The number of hydrogen-bond acceptors (Lipinski definition) is 5. The van der Waals surface area contributed by atoms with Crippen LogP contribution < -0.4 is 5.32 Å². The Hall–Kier alpha value is -3.00. The van der Waals surface area contributed by atoms with E-state index in [1.165, 1.54) is 5.56 Å². The molecule has 2 fully saturated rings. The van der Waals surface area contributed by atoms with Crippen molar-refractivity contribution in [2.75, 3.05) is 39.3 Å². The van der Waals surface area contributed by atoms with Crippen LogP contribution in [0.4, 0.5) is 0 Å². The molecule has 3 aliphatic rings. The molecule has 6 nitrogen and oxygen atoms in total. The van der Waals surface area contributed by atoms with E-state index in [2.05, 4.69) is 61.8 Å². The lowest BCUT2D eigenvalue weighted by atomic mass is 9.80. The van der Waals surface area contributed by atoms with Crippen molar-refractivity contribution in [3.05, 3.63) is 93.7 Å². The Morgan fingerprint density at radius 2 is 1.59 bits per heavy atom. The second kappa shape index (κ2) is 12.0. The summed E-state index contributed by atoms with van der Waals surface area (Å²) in [7, 11) is 0. The molecule has 0 radical (unpaired) electrons. The topological polar surface area (TPSA) is 55.9 Å². The van der Waals surface area contributed by atoms with Gasteiger partial charge >= 0.3 is 0 Å². The van der Waals surface area contributed by atoms with Gasteiger partial charge in [0.25, 0.3) is 5.91 Å². The molecule has 1 saturated heterocycles. The molecule has 2 aromatic carbocycles. The Morgan fingerprint density at radius 1 is 0.872 bits per heavy atom. The number of thiophene rings is 1. The van der Waals surface area contributed by atoms with Crippen molar-refractivity contribution in [1.82, 2.24) is 20.0 Å². The minimum Gasteiger partial charge on any atom is -0.354 e. The summed E-state index contributed by atoms with van der Waals surface area (Å²) in [6.07, 6.45) is 4.31. The summed E-state index contributed by atoms with van der Waals surface area (Å²) in [4.78, 5) is 35.9. The molecular weight excluding hydrogens is 504 g/mol. The number of fused-ring (bicyclic) bond motifs is 1. The first-order valence-electron chi connectivity index (χ1n) is 14.4. The molecule has 1 aromatic heterocycles. The van der Waals surface area contributed by atoms with Gasteiger partial charge in [-0.25, -0.2) is 0 Å². The number of nitrogens with zero attached hydrogens (tertiary/aromatic N) is 3. The van der Waals surface area contributed by atoms with E-state index in [0.29, 0.717) is 12.1 Å². The predicted octanol–water partition coefficient (Wildman–Crippen LogP) is 4.91. The maximum Gasteiger partial charge on any atom is 0.254 e. The molecule has 3 heterocycles. The summed E-state index contributed by atoms with van der Waals surface area (Å²) < 4.78 is 0. The molecule has 7 heteroatoms. The van der Waals surface area contributed by atoms with Crippen LogP contribution in [0.15, 0.2) is 72.1 Å². The standard InChI is InChI=1S/C32H38N4O2S/c37-31(33-16-17-34-18-20-35(21-19-34)23-24-9-2-1-3-10-24)29-26-13-6-7-14-27(26)32(38)36(25-11-4-5-12-25)30(29)28-15-8-22-39-28/h1-3,6-10,13-15,22,25,29-30H,4-5,11-12,16-21,23H2,(H,33,37)/t29-,30+/m0/s1. The number of piperazine rings is 1. The fourth-order valence-electron chi connectivity index (χ4n) is 6.64. The van der Waals surface area contributed by atoms with Crippen LogP contribution in [0.1, 0.15) is 64.0 Å². The molecular formula is C32H38N4O2S. The summed E-state index contributed by atoms with van der Waals surface area (Å²) >= 11 is 1.65. The van der Waals surface area contributed by atoms with Crippen molar-refractivity contribution in [3.63, 3.8) is 0 Å². The lowest BCUT2D eigenvalue weighted by molar-refractivity contribution is -0.124. The zero-order valence-corrected chi connectivity index (χ0v) is 23.3. The molecule has 0 bridgehead atoms. The second-order valence-corrected chi connectivity index (χ2v) is 12.0. The van der Waals surface area contributed by atoms with Crippen LogP contribution in [-0.4, -0.2) is 71.8 Å². The van der Waals surface area contributed by atoms with Gasteiger partial charge in [-0.2, -0.15) is 0 Å². The molecule has 2 amide bonds. The zero-order valence-electron chi connectivity index (χ0n) is 22.5. The molecule has 2 aliphatic heterocycles. The highest BCUT2D eigenvalue weighted by molar-refractivity contribution is 7.10. The zero-order chi connectivity index (χ0) is 26.6. The highest BCUT2D eigenvalue weighted by Crippen LogP contribution is 2.47. The number of carbonyl (C=O) groups is 2. The molecule has 1 saturated carbocycles. The van der Waals surface area contributed by atoms with Crippen LogP contribution in [0.3, 0.4) is 0 Å². The summed E-state index contributed by atoms with van der Waals surface area (Å²) in [5.74, 6) is -0.298. The van der Waals surface area contributed by atoms with Gasteiger partial charge in [0.15, 0.2) is 0 Å². The summed E-state index contributed by atoms with van der Waals surface area (Å²) in [5, 5.41) is 5.34. The van der Waals surface area contributed by atoms with Crippen LogP contribution in [0.2, 0.25) is 0 Å². The highest BCUT2D eigenvalue weighted by Gasteiger charge is 2.47. The normalized spacial score (nSPS) is 22.7. The van der Waals surface area contributed by atoms with Crippen molar-refractivity contribution >= 4 is 23.2 Å². The van der Waals surface area contributed by atoms with Crippen LogP contribution in [-0.2, 0) is 11.3 Å². The van der Waals surface area contributed by atoms with Gasteiger partial charge in [0.2, 0.25) is 5.91 Å². The van der Waals surface area contributed by atoms with Crippen molar-refractivity contribution in [1.29, 1.82) is 0 Å². The van der Waals surface area contributed by atoms with Crippen molar-refractivity contribution in [2.45, 2.75) is 50.2 Å². The van der Waals surface area contributed by atoms with Gasteiger partial charge in [0, 0.05) is 62.3 Å². The molecule has 6 rings (SSSR count). The van der Waals surface area contributed by atoms with Crippen LogP contribution in [0.5, 0.6) is 0 Å². The van der Waals surface area contributed by atoms with Gasteiger partial charge in [0.1, 0.15) is 0 Å². The van der Waals surface area contributed by atoms with Crippen molar-refractivity contribution < 1.29 is 9.59 Å². The monoisotopic (exact) mass is 542 g/mol. The molecule has 0 spiro atoms. The molecule has 1 aliphatic carbocycles. The number of amides is 2. The fraction of sp³-hybridized carbons (Fsp3) is 0.438. The maximum absolute atomic E-state index is 14.0. The molecule has 204 valence electrons. The molecule has 3 aromatic rings. The van der Waals surface area contributed by atoms with E-state index < -0.39 is 5.92 Å². The van der Waals surface area contributed by atoms with Gasteiger partial charge in [0.05, 0.1) is 12.0 Å². The van der Waals surface area contributed by atoms with Gasteiger partial charge in [-0.3, -0.25) is 19.4 Å². The Kier molecular flexibility index (Phi) is 8.09. The number of nitrogens with one attached hydrogen (secondary N) is 1. The quantitative estimate of drug-likeness (QED) is 0.440. The van der Waals surface area contributed by atoms with Crippen LogP contribution >= 0.6 is 11.3 Å². The largest absolute Gasteiger partial charge is 0.354 e. The van der Waals surface area contributed by atoms with Crippen molar-refractivity contribution in [2.24, 2.45) is 0 Å². The van der Waals surface area contributed by atoms with Crippen LogP contribution in [0.25, 0.3) is 0 Å². The minimum absolute atomic E-state index is 0.0269. The average molecular weight is 543 g/mol. The fourth-order valence-corrected chi connectivity index (χ4v) is 7.50. The van der Waals surface area contributed by atoms with Crippen molar-refractivity contribution in [3.8, 4) is 0 Å². The third-order valence-electron chi connectivity index (χ3n) is 8.65. The first-order valence-corrected chi connectivity index (χ1v) is 15.3. The molecule has 1 N–H and O–H groups in total. The summed E-state index contributed by atoms with van der Waals surface area (Å²) in [6, 6.07) is 22.5. The summed E-state index contributed by atoms with van der Waals surface area (Å²) in [6.45, 7) is 6.55. The SMILES string of the molecule is O=C(NCCN1CCN(Cc2ccccc2)CC1)[C@H]1c2ccccc2C(=O)N(C2CCCC2)[C@@H]1c1cccs1. The first kappa shape index (κ1) is 26.2. The van der Waals surface area contributed by atoms with Gasteiger partial charge < -0.3 is 10.2 Å². The number of rotatable bonds is 8. The van der Waals surface area contributed by atoms with E-state index in [0.717, 1.165) is 75.4 Å². The molecule has 39 heavy (non-hydrogen) atoms. The minimum atomic E-state index is -0.402. The van der Waals surface area contributed by atoms with Crippen LogP contribution in [0, 0.1) is 0 Å². The lowest BCUT2D eigenvalue weighted by Gasteiger charge is -2.44. The highest BCUT2D eigenvalue weighted by atomic mass is 32.1. The van der Waals surface area contributed by atoms with E-state index in [9.17, 15) is 9.59 Å². The van der Waals surface area contributed by atoms with E-state index in [-0.39, 0.29) is 23.9 Å². The average Bonchev–Trinajstić information content (AvgIpc) is 3.70. The number of benzene rings is 2. The second-order valence-electron chi connectivity index (χ2n) is 11.1. The van der Waals surface area contributed by atoms with Gasteiger partial charge in [-0.1, -0.05) is 67.4 Å². The predicted molar refractivity (Wildman–Crippen MR) is 156 cm³/mol. The Morgan fingerprint density at radius 3 is 2.33 bits per heavy atom. The third kappa shape index (κ3) is 5.67. The lowest BCUT2D eigenvalue weighted by Crippen LogP contribution is -2.51.